The highest BCUT2D eigenvalue weighted by Crippen LogP contribution is 2.37. The summed E-state index contributed by atoms with van der Waals surface area (Å²) in [6.45, 7) is 4.61. The van der Waals surface area contributed by atoms with E-state index in [-0.39, 0.29) is 29.6 Å². The number of likely N-dealkylation sites (tertiary alicyclic amines) is 1. The van der Waals surface area contributed by atoms with Gasteiger partial charge in [0.2, 0.25) is 5.91 Å². The van der Waals surface area contributed by atoms with Gasteiger partial charge in [-0.25, -0.2) is 4.98 Å². The minimum absolute atomic E-state index is 0.0603. The highest BCUT2D eigenvalue weighted by Gasteiger charge is 2.41. The van der Waals surface area contributed by atoms with Gasteiger partial charge in [-0.1, -0.05) is 30.6 Å². The average molecular weight is 485 g/mol. The number of rotatable bonds is 6. The van der Waals surface area contributed by atoms with Crippen molar-refractivity contribution < 1.29 is 18.8 Å². The molecule has 0 aromatic carbocycles. The van der Waals surface area contributed by atoms with Gasteiger partial charge >= 0.3 is 0 Å². The molecule has 9 heteroatoms. The third-order valence-electron chi connectivity index (χ3n) is 7.67. The van der Waals surface area contributed by atoms with Crippen LogP contribution in [-0.4, -0.2) is 52.7 Å². The number of ketones is 1. The minimum atomic E-state index is -0.415. The first-order chi connectivity index (χ1) is 16.4. The van der Waals surface area contributed by atoms with Gasteiger partial charge in [-0.05, 0) is 51.8 Å². The Morgan fingerprint density at radius 3 is 2.65 bits per heavy atom. The molecule has 182 valence electrons. The van der Waals surface area contributed by atoms with Crippen molar-refractivity contribution in [3.05, 3.63) is 34.2 Å². The second-order valence-electron chi connectivity index (χ2n) is 9.86. The number of carbonyl (C=O) groups is 3. The second-order valence-corrected chi connectivity index (χ2v) is 10.9. The van der Waals surface area contributed by atoms with E-state index in [9.17, 15) is 14.4 Å². The molecular weight excluding hydrogens is 452 g/mol. The molecule has 34 heavy (non-hydrogen) atoms. The number of anilines is 1. The maximum atomic E-state index is 13.1. The number of nitrogens with one attached hydrogen (secondary N) is 2. The first-order valence-electron chi connectivity index (χ1n) is 12.4. The number of Topliss-reactive ketones (excluding diaryl/α,β-unsaturated/α-hetero) is 1. The lowest BCUT2D eigenvalue weighted by Gasteiger charge is -2.44. The SMILES string of the molecule is Cc1occc1C(=O)Nc1nc2c(s1)C(=O)CC(C(=O)NCC1(N3CCCCC3)CCCC1)C2. The summed E-state index contributed by atoms with van der Waals surface area (Å²) >= 11 is 1.18. The quantitative estimate of drug-likeness (QED) is 0.643. The Balaban J connectivity index is 1.23. The van der Waals surface area contributed by atoms with Gasteiger partial charge in [0.25, 0.3) is 5.91 Å². The largest absolute Gasteiger partial charge is 0.469 e. The first kappa shape index (κ1) is 23.2. The number of aromatic nitrogens is 1. The van der Waals surface area contributed by atoms with Crippen LogP contribution in [0.1, 0.15) is 82.9 Å². The normalized spacial score (nSPS) is 22.4. The van der Waals surface area contributed by atoms with Crippen LogP contribution in [0.25, 0.3) is 0 Å². The summed E-state index contributed by atoms with van der Waals surface area (Å²) in [6.07, 6.45) is 10.5. The molecule has 1 atom stereocenters. The summed E-state index contributed by atoms with van der Waals surface area (Å²) in [5.74, 6) is -0.350. The molecular formula is C25H32N4O4S. The number of furan rings is 1. The highest BCUT2D eigenvalue weighted by molar-refractivity contribution is 7.17. The van der Waals surface area contributed by atoms with Crippen molar-refractivity contribution in [2.75, 3.05) is 25.0 Å². The molecule has 0 radical (unpaired) electrons. The standard InChI is InChI=1S/C25H32N4O4S/c1-16-18(7-12-33-16)23(32)28-24-27-19-13-17(14-20(30)21(19)34-24)22(31)26-15-25(8-3-4-9-25)29-10-5-2-6-11-29/h7,12,17H,2-6,8-11,13-15H2,1H3,(H,26,31)(H,27,28,32). The van der Waals surface area contributed by atoms with E-state index < -0.39 is 5.92 Å². The first-order valence-corrected chi connectivity index (χ1v) is 13.2. The molecule has 2 fully saturated rings. The zero-order valence-corrected chi connectivity index (χ0v) is 20.5. The highest BCUT2D eigenvalue weighted by atomic mass is 32.1. The average Bonchev–Trinajstić information content (AvgIpc) is 3.58. The van der Waals surface area contributed by atoms with Crippen LogP contribution in [0.3, 0.4) is 0 Å². The van der Waals surface area contributed by atoms with Crippen LogP contribution in [0.4, 0.5) is 5.13 Å². The predicted octanol–water partition coefficient (Wildman–Crippen LogP) is 3.96. The maximum Gasteiger partial charge on any atom is 0.260 e. The van der Waals surface area contributed by atoms with Crippen molar-refractivity contribution in [2.45, 2.75) is 70.3 Å². The predicted molar refractivity (Wildman–Crippen MR) is 129 cm³/mol. The Morgan fingerprint density at radius 1 is 1.18 bits per heavy atom. The molecule has 2 aliphatic carbocycles. The van der Waals surface area contributed by atoms with E-state index in [1.54, 1.807) is 13.0 Å². The van der Waals surface area contributed by atoms with Crippen LogP contribution in [0, 0.1) is 12.8 Å². The summed E-state index contributed by atoms with van der Waals surface area (Å²) in [5, 5.41) is 6.35. The van der Waals surface area contributed by atoms with E-state index in [1.807, 2.05) is 0 Å². The molecule has 1 aliphatic heterocycles. The molecule has 1 saturated carbocycles. The number of nitrogens with zero attached hydrogens (tertiary/aromatic N) is 2. The van der Waals surface area contributed by atoms with E-state index in [1.165, 1.54) is 49.7 Å². The third-order valence-corrected chi connectivity index (χ3v) is 8.72. The van der Waals surface area contributed by atoms with Crippen LogP contribution < -0.4 is 10.6 Å². The Labute approximate surface area is 203 Å². The number of piperidine rings is 1. The van der Waals surface area contributed by atoms with Crippen LogP contribution in [-0.2, 0) is 11.2 Å². The number of thiazole rings is 1. The van der Waals surface area contributed by atoms with Gasteiger partial charge in [0, 0.05) is 24.9 Å². The number of aryl methyl sites for hydroxylation is 1. The van der Waals surface area contributed by atoms with Crippen molar-refractivity contribution in [3.8, 4) is 0 Å². The number of carbonyl (C=O) groups excluding carboxylic acids is 3. The summed E-state index contributed by atoms with van der Waals surface area (Å²) in [5.41, 5.74) is 1.11. The van der Waals surface area contributed by atoms with Crippen molar-refractivity contribution >= 4 is 34.1 Å². The maximum absolute atomic E-state index is 13.1. The van der Waals surface area contributed by atoms with Gasteiger partial charge in [-0.2, -0.15) is 0 Å². The summed E-state index contributed by atoms with van der Waals surface area (Å²) in [6, 6.07) is 1.60. The van der Waals surface area contributed by atoms with Crippen LogP contribution >= 0.6 is 11.3 Å². The number of hydrogen-bond acceptors (Lipinski definition) is 7. The lowest BCUT2D eigenvalue weighted by molar-refractivity contribution is -0.125. The molecule has 2 aromatic heterocycles. The molecule has 8 nitrogen and oxygen atoms in total. The van der Waals surface area contributed by atoms with Gasteiger partial charge in [0.15, 0.2) is 10.9 Å². The molecule has 3 aliphatic rings. The van der Waals surface area contributed by atoms with E-state index in [0.29, 0.717) is 40.0 Å². The zero-order valence-electron chi connectivity index (χ0n) is 19.7. The molecule has 2 N–H and O–H groups in total. The third kappa shape index (κ3) is 4.55. The number of amides is 2. The van der Waals surface area contributed by atoms with E-state index >= 15 is 0 Å². The lowest BCUT2D eigenvalue weighted by Crippen LogP contribution is -2.56. The molecule has 0 spiro atoms. The van der Waals surface area contributed by atoms with Crippen molar-refractivity contribution in [1.29, 1.82) is 0 Å². The van der Waals surface area contributed by atoms with E-state index in [2.05, 4.69) is 20.5 Å². The smallest absolute Gasteiger partial charge is 0.260 e. The minimum Gasteiger partial charge on any atom is -0.469 e. The molecule has 1 saturated heterocycles. The van der Waals surface area contributed by atoms with Crippen LogP contribution in [0.2, 0.25) is 0 Å². The summed E-state index contributed by atoms with van der Waals surface area (Å²) in [7, 11) is 0. The van der Waals surface area contributed by atoms with Crippen molar-refractivity contribution in [3.63, 3.8) is 0 Å². The molecule has 2 amide bonds. The van der Waals surface area contributed by atoms with Gasteiger partial charge < -0.3 is 9.73 Å². The molecule has 1 unspecified atom stereocenters. The fourth-order valence-corrected chi connectivity index (χ4v) is 6.69. The molecule has 2 aromatic rings. The van der Waals surface area contributed by atoms with Crippen LogP contribution in [0.15, 0.2) is 16.7 Å². The van der Waals surface area contributed by atoms with Gasteiger partial charge in [0.1, 0.15) is 5.76 Å². The van der Waals surface area contributed by atoms with E-state index in [0.717, 1.165) is 25.9 Å². The van der Waals surface area contributed by atoms with E-state index in [4.69, 9.17) is 4.42 Å². The zero-order chi connectivity index (χ0) is 23.7. The van der Waals surface area contributed by atoms with Gasteiger partial charge in [-0.3, -0.25) is 24.6 Å². The second kappa shape index (κ2) is 9.62. The van der Waals surface area contributed by atoms with Crippen molar-refractivity contribution in [2.24, 2.45) is 5.92 Å². The fraction of sp³-hybridized carbons (Fsp3) is 0.600. The fourth-order valence-electron chi connectivity index (χ4n) is 5.76. The van der Waals surface area contributed by atoms with Crippen LogP contribution in [0.5, 0.6) is 0 Å². The topological polar surface area (TPSA) is 105 Å². The van der Waals surface area contributed by atoms with Crippen molar-refractivity contribution in [1.82, 2.24) is 15.2 Å². The lowest BCUT2D eigenvalue weighted by atomic mass is 9.88. The Hall–Kier alpha value is -2.52. The number of hydrogen-bond donors (Lipinski definition) is 2. The van der Waals surface area contributed by atoms with Gasteiger partial charge in [0.05, 0.1) is 28.3 Å². The summed E-state index contributed by atoms with van der Waals surface area (Å²) in [4.78, 5) is 46.0. The molecule has 3 heterocycles. The Bertz CT molecular complexity index is 1080. The molecule has 5 rings (SSSR count). The summed E-state index contributed by atoms with van der Waals surface area (Å²) < 4.78 is 5.19. The Morgan fingerprint density at radius 2 is 1.94 bits per heavy atom. The monoisotopic (exact) mass is 484 g/mol. The molecule has 0 bridgehead atoms. The number of fused-ring (bicyclic) bond motifs is 1. The Kier molecular flexibility index (Phi) is 6.57. The van der Waals surface area contributed by atoms with Gasteiger partial charge in [-0.15, -0.1) is 0 Å².